The average molecular weight is 258 g/mol. The van der Waals surface area contributed by atoms with Crippen molar-refractivity contribution in [2.24, 2.45) is 0 Å². The van der Waals surface area contributed by atoms with Crippen LogP contribution in [0.1, 0.15) is 0 Å². The van der Waals surface area contributed by atoms with E-state index in [-0.39, 0.29) is 6.61 Å². The first kappa shape index (κ1) is 13.2. The number of ether oxygens (including phenoxy) is 1. The van der Waals surface area contributed by atoms with Crippen LogP contribution in [-0.4, -0.2) is 25.4 Å². The molecule has 2 aromatic carbocycles. The smallest absolute Gasteiger partial charge is 0.119 e. The molecule has 0 saturated heterocycles. The summed E-state index contributed by atoms with van der Waals surface area (Å²) in [5.74, 6) is 0.797. The van der Waals surface area contributed by atoms with Crippen molar-refractivity contribution in [2.75, 3.05) is 31.3 Å². The van der Waals surface area contributed by atoms with E-state index in [1.807, 2.05) is 42.5 Å². The Morgan fingerprint density at radius 1 is 1.21 bits per heavy atom. The summed E-state index contributed by atoms with van der Waals surface area (Å²) in [5.41, 5.74) is 9.62. The van der Waals surface area contributed by atoms with E-state index in [2.05, 4.69) is 5.32 Å². The Kier molecular flexibility index (Phi) is 4.26. The zero-order valence-corrected chi connectivity index (χ0v) is 10.9. The monoisotopic (exact) mass is 258 g/mol. The summed E-state index contributed by atoms with van der Waals surface area (Å²) in [5, 5.41) is 12.0. The number of benzene rings is 2. The Balaban J connectivity index is 2.36. The van der Waals surface area contributed by atoms with Gasteiger partial charge in [-0.3, -0.25) is 0 Å². The Morgan fingerprint density at radius 3 is 2.79 bits per heavy atom. The van der Waals surface area contributed by atoms with Crippen LogP contribution in [0.25, 0.3) is 11.1 Å². The molecule has 2 aromatic rings. The summed E-state index contributed by atoms with van der Waals surface area (Å²) in [4.78, 5) is 0. The Morgan fingerprint density at radius 2 is 2.05 bits per heavy atom. The zero-order chi connectivity index (χ0) is 13.7. The second-order valence-corrected chi connectivity index (χ2v) is 4.18. The van der Waals surface area contributed by atoms with Gasteiger partial charge in [-0.05, 0) is 35.9 Å². The molecule has 4 nitrogen and oxygen atoms in total. The molecular weight excluding hydrogens is 240 g/mol. The lowest BCUT2D eigenvalue weighted by Crippen LogP contribution is -2.05. The zero-order valence-electron chi connectivity index (χ0n) is 10.9. The summed E-state index contributed by atoms with van der Waals surface area (Å²) in [6, 6.07) is 13.5. The van der Waals surface area contributed by atoms with E-state index in [9.17, 15) is 0 Å². The molecule has 0 aliphatic heterocycles. The van der Waals surface area contributed by atoms with E-state index in [0.717, 1.165) is 22.6 Å². The molecule has 19 heavy (non-hydrogen) atoms. The molecule has 0 radical (unpaired) electrons. The summed E-state index contributed by atoms with van der Waals surface area (Å²) >= 11 is 0. The van der Waals surface area contributed by atoms with Crippen molar-refractivity contribution in [3.63, 3.8) is 0 Å². The summed E-state index contributed by atoms with van der Waals surface area (Å²) in [7, 11) is 1.64. The van der Waals surface area contributed by atoms with E-state index in [4.69, 9.17) is 15.6 Å². The number of aliphatic hydroxyl groups excluding tert-OH is 1. The van der Waals surface area contributed by atoms with Gasteiger partial charge in [-0.15, -0.1) is 0 Å². The van der Waals surface area contributed by atoms with Crippen molar-refractivity contribution in [1.29, 1.82) is 0 Å². The van der Waals surface area contributed by atoms with Gasteiger partial charge in [0.1, 0.15) is 5.75 Å². The van der Waals surface area contributed by atoms with Gasteiger partial charge in [0.15, 0.2) is 0 Å². The highest BCUT2D eigenvalue weighted by atomic mass is 16.5. The maximum Gasteiger partial charge on any atom is 0.119 e. The third-order valence-corrected chi connectivity index (χ3v) is 2.87. The molecule has 0 aromatic heterocycles. The van der Waals surface area contributed by atoms with Crippen LogP contribution in [0.4, 0.5) is 11.4 Å². The van der Waals surface area contributed by atoms with Crippen molar-refractivity contribution in [2.45, 2.75) is 0 Å². The topological polar surface area (TPSA) is 67.5 Å². The van der Waals surface area contributed by atoms with Crippen LogP contribution in [0, 0.1) is 0 Å². The van der Waals surface area contributed by atoms with E-state index in [0.29, 0.717) is 12.2 Å². The predicted octanol–water partition coefficient (Wildman–Crippen LogP) is 2.35. The summed E-state index contributed by atoms with van der Waals surface area (Å²) < 4.78 is 5.22. The minimum atomic E-state index is 0.0961. The molecule has 0 aliphatic carbocycles. The number of nitrogens with two attached hydrogens (primary N) is 1. The largest absolute Gasteiger partial charge is 0.497 e. The van der Waals surface area contributed by atoms with Crippen LogP contribution in [0.3, 0.4) is 0 Å². The lowest BCUT2D eigenvalue weighted by Gasteiger charge is -2.11. The van der Waals surface area contributed by atoms with Crippen LogP contribution in [0.2, 0.25) is 0 Å². The first-order valence-corrected chi connectivity index (χ1v) is 6.13. The molecule has 0 fully saturated rings. The van der Waals surface area contributed by atoms with Gasteiger partial charge in [0.2, 0.25) is 0 Å². The van der Waals surface area contributed by atoms with E-state index in [1.165, 1.54) is 0 Å². The second-order valence-electron chi connectivity index (χ2n) is 4.18. The van der Waals surface area contributed by atoms with Gasteiger partial charge in [-0.1, -0.05) is 12.1 Å². The van der Waals surface area contributed by atoms with Crippen LogP contribution in [0.15, 0.2) is 42.5 Å². The van der Waals surface area contributed by atoms with Crippen molar-refractivity contribution in [3.05, 3.63) is 42.5 Å². The van der Waals surface area contributed by atoms with Gasteiger partial charge < -0.3 is 20.9 Å². The van der Waals surface area contributed by atoms with E-state index >= 15 is 0 Å². The molecule has 0 amide bonds. The van der Waals surface area contributed by atoms with Gasteiger partial charge in [0.05, 0.1) is 13.7 Å². The SMILES string of the molecule is COc1cccc(-c2cc(NCCO)ccc2N)c1. The summed E-state index contributed by atoms with van der Waals surface area (Å²) in [6.45, 7) is 0.611. The fourth-order valence-corrected chi connectivity index (χ4v) is 1.91. The molecule has 4 heteroatoms. The van der Waals surface area contributed by atoms with Gasteiger partial charge in [0.25, 0.3) is 0 Å². The van der Waals surface area contributed by atoms with E-state index < -0.39 is 0 Å². The third kappa shape index (κ3) is 3.17. The first-order chi connectivity index (χ1) is 9.24. The van der Waals surface area contributed by atoms with Crippen LogP contribution in [-0.2, 0) is 0 Å². The van der Waals surface area contributed by atoms with Crippen molar-refractivity contribution < 1.29 is 9.84 Å². The highest BCUT2D eigenvalue weighted by Crippen LogP contribution is 2.30. The molecule has 0 aliphatic rings. The van der Waals surface area contributed by atoms with Crippen molar-refractivity contribution in [1.82, 2.24) is 0 Å². The quantitative estimate of drug-likeness (QED) is 0.720. The molecule has 4 N–H and O–H groups in total. The number of anilines is 2. The Labute approximate surface area is 112 Å². The van der Waals surface area contributed by atoms with Crippen LogP contribution >= 0.6 is 0 Å². The number of nitrogen functional groups attached to an aromatic ring is 1. The van der Waals surface area contributed by atoms with Gasteiger partial charge in [-0.2, -0.15) is 0 Å². The standard InChI is InChI=1S/C15H18N2O2/c1-19-13-4-2-3-11(9-13)14-10-12(17-7-8-18)5-6-15(14)16/h2-6,9-10,17-18H,7-8,16H2,1H3. The average Bonchev–Trinajstić information content (AvgIpc) is 2.46. The maximum absolute atomic E-state index is 8.83. The number of rotatable bonds is 5. The highest BCUT2D eigenvalue weighted by Gasteiger charge is 2.05. The number of nitrogens with one attached hydrogen (secondary N) is 1. The van der Waals surface area contributed by atoms with Crippen molar-refractivity contribution in [3.8, 4) is 16.9 Å². The molecule has 0 heterocycles. The Bertz CT molecular complexity index is 556. The number of aliphatic hydroxyl groups is 1. The fourth-order valence-electron chi connectivity index (χ4n) is 1.91. The predicted molar refractivity (Wildman–Crippen MR) is 78.4 cm³/mol. The summed E-state index contributed by atoms with van der Waals surface area (Å²) in [6.07, 6.45) is 0. The second kappa shape index (κ2) is 6.11. The lowest BCUT2D eigenvalue weighted by molar-refractivity contribution is 0.311. The molecule has 0 unspecified atom stereocenters. The number of hydrogen-bond donors (Lipinski definition) is 3. The Hall–Kier alpha value is -2.20. The molecule has 0 atom stereocenters. The molecule has 100 valence electrons. The maximum atomic E-state index is 8.83. The van der Waals surface area contributed by atoms with Gasteiger partial charge in [-0.25, -0.2) is 0 Å². The van der Waals surface area contributed by atoms with E-state index in [1.54, 1.807) is 7.11 Å². The first-order valence-electron chi connectivity index (χ1n) is 6.13. The number of hydrogen-bond acceptors (Lipinski definition) is 4. The van der Waals surface area contributed by atoms with Gasteiger partial charge >= 0.3 is 0 Å². The number of methoxy groups -OCH3 is 1. The molecular formula is C15H18N2O2. The normalized spacial score (nSPS) is 10.2. The molecule has 0 bridgehead atoms. The molecule has 0 saturated carbocycles. The lowest BCUT2D eigenvalue weighted by atomic mass is 10.0. The third-order valence-electron chi connectivity index (χ3n) is 2.87. The van der Waals surface area contributed by atoms with Gasteiger partial charge in [0, 0.05) is 23.5 Å². The fraction of sp³-hybridized carbons (Fsp3) is 0.200. The van der Waals surface area contributed by atoms with Crippen LogP contribution < -0.4 is 15.8 Å². The molecule has 0 spiro atoms. The van der Waals surface area contributed by atoms with Crippen molar-refractivity contribution >= 4 is 11.4 Å². The minimum absolute atomic E-state index is 0.0961. The molecule has 2 rings (SSSR count). The highest BCUT2D eigenvalue weighted by molar-refractivity contribution is 5.80. The minimum Gasteiger partial charge on any atom is -0.497 e. The van der Waals surface area contributed by atoms with Crippen LogP contribution in [0.5, 0.6) is 5.75 Å².